The highest BCUT2D eigenvalue weighted by molar-refractivity contribution is 9.10. The lowest BCUT2D eigenvalue weighted by molar-refractivity contribution is -0.116. The van der Waals surface area contributed by atoms with Crippen LogP contribution >= 0.6 is 15.9 Å². The van der Waals surface area contributed by atoms with Crippen LogP contribution in [0.25, 0.3) is 0 Å². The summed E-state index contributed by atoms with van der Waals surface area (Å²) >= 11 is 3.40. The summed E-state index contributed by atoms with van der Waals surface area (Å²) in [4.78, 5) is 25.9. The van der Waals surface area contributed by atoms with Crippen LogP contribution in [-0.4, -0.2) is 23.8 Å². The lowest BCUT2D eigenvalue weighted by Crippen LogP contribution is -2.47. The van der Waals surface area contributed by atoms with Gasteiger partial charge in [0, 0.05) is 29.2 Å². The van der Waals surface area contributed by atoms with Crippen molar-refractivity contribution in [3.05, 3.63) is 45.6 Å². The van der Waals surface area contributed by atoms with Gasteiger partial charge in [-0.3, -0.25) is 4.79 Å². The van der Waals surface area contributed by atoms with E-state index >= 15 is 0 Å². The Bertz CT molecular complexity index is 607. The van der Waals surface area contributed by atoms with E-state index in [9.17, 15) is 9.59 Å². The van der Waals surface area contributed by atoms with Crippen LogP contribution in [0.2, 0.25) is 0 Å². The van der Waals surface area contributed by atoms with Crippen LogP contribution in [0.4, 0.5) is 4.79 Å². The van der Waals surface area contributed by atoms with E-state index in [0.29, 0.717) is 6.42 Å². The van der Waals surface area contributed by atoms with Crippen molar-refractivity contribution >= 4 is 27.7 Å². The fraction of sp³-hybridized carbons (Fsp3) is 0.333. The van der Waals surface area contributed by atoms with Crippen LogP contribution in [0.5, 0.6) is 0 Å². The predicted octanol–water partition coefficient (Wildman–Crippen LogP) is 3.15. The number of amides is 2. The third kappa shape index (κ3) is 2.16. The fourth-order valence-corrected chi connectivity index (χ4v) is 3.11. The van der Waals surface area contributed by atoms with Gasteiger partial charge in [0.2, 0.25) is 0 Å². The highest BCUT2D eigenvalue weighted by Crippen LogP contribution is 2.36. The number of carbonyl (C=O) groups excluding carboxylic acids is 2. The highest BCUT2D eigenvalue weighted by atomic mass is 79.9. The first-order chi connectivity index (χ1) is 9.58. The Kier molecular flexibility index (Phi) is 3.38. The minimum Gasteiger partial charge on any atom is -0.327 e. The molecule has 104 valence electrons. The fourth-order valence-electron chi connectivity index (χ4n) is 2.84. The van der Waals surface area contributed by atoms with E-state index in [4.69, 9.17) is 0 Å². The van der Waals surface area contributed by atoms with E-state index in [0.717, 1.165) is 34.1 Å². The summed E-state index contributed by atoms with van der Waals surface area (Å²) in [6.07, 6.45) is 2.18. The van der Waals surface area contributed by atoms with Crippen molar-refractivity contribution in [2.45, 2.75) is 25.3 Å². The van der Waals surface area contributed by atoms with E-state index in [-0.39, 0.29) is 17.9 Å². The minimum atomic E-state index is -0.324. The average Bonchev–Trinajstić information content (AvgIpc) is 2.44. The summed E-state index contributed by atoms with van der Waals surface area (Å²) in [6, 6.07) is 7.25. The standard InChI is InChI=1S/C15H15BrN2O2/c1-18-11-3-2-4-12(19)13(11)14(17-15(18)20)9-5-7-10(16)8-6-9/h5-8,14H,2-4H2,1H3,(H,17,20)/t14-/m0/s1. The van der Waals surface area contributed by atoms with Crippen LogP contribution in [-0.2, 0) is 4.79 Å². The maximum Gasteiger partial charge on any atom is 0.322 e. The van der Waals surface area contributed by atoms with E-state index in [2.05, 4.69) is 21.2 Å². The van der Waals surface area contributed by atoms with E-state index in [1.165, 1.54) is 0 Å². The molecule has 0 aromatic heterocycles. The normalized spacial score (nSPS) is 22.7. The zero-order chi connectivity index (χ0) is 14.3. The monoisotopic (exact) mass is 334 g/mol. The molecule has 1 aliphatic carbocycles. The summed E-state index contributed by atoms with van der Waals surface area (Å²) in [7, 11) is 1.72. The number of hydrogen-bond acceptors (Lipinski definition) is 2. The van der Waals surface area contributed by atoms with E-state index in [1.54, 1.807) is 11.9 Å². The molecule has 0 saturated carbocycles. The second kappa shape index (κ2) is 5.05. The van der Waals surface area contributed by atoms with Crippen LogP contribution < -0.4 is 5.32 Å². The number of nitrogens with zero attached hydrogens (tertiary/aromatic N) is 1. The molecular weight excluding hydrogens is 320 g/mol. The Morgan fingerprint density at radius 3 is 2.60 bits per heavy atom. The summed E-state index contributed by atoms with van der Waals surface area (Å²) in [5, 5.41) is 2.92. The Balaban J connectivity index is 2.09. The third-order valence-electron chi connectivity index (χ3n) is 3.90. The van der Waals surface area contributed by atoms with Gasteiger partial charge in [-0.2, -0.15) is 0 Å². The molecule has 0 unspecified atom stereocenters. The summed E-state index contributed by atoms with van der Waals surface area (Å²) in [5.74, 6) is 0.144. The maximum atomic E-state index is 12.3. The number of rotatable bonds is 1. The minimum absolute atomic E-state index is 0.144. The van der Waals surface area contributed by atoms with Crippen LogP contribution in [0.15, 0.2) is 40.0 Å². The molecule has 1 aliphatic heterocycles. The molecule has 0 radical (unpaired) electrons. The number of benzene rings is 1. The SMILES string of the molecule is CN1C(=O)N[C@@H](c2ccc(Br)cc2)C2=C1CCCC2=O. The molecular formula is C15H15BrN2O2. The van der Waals surface area contributed by atoms with Gasteiger partial charge in [0.25, 0.3) is 0 Å². The summed E-state index contributed by atoms with van der Waals surface area (Å²) in [6.45, 7) is 0. The first kappa shape index (κ1) is 13.4. The molecule has 0 bridgehead atoms. The van der Waals surface area contributed by atoms with Crippen LogP contribution in [0, 0.1) is 0 Å². The lowest BCUT2D eigenvalue weighted by atomic mass is 9.85. The van der Waals surface area contributed by atoms with Crippen LogP contribution in [0.3, 0.4) is 0 Å². The number of Topliss-reactive ketones (excluding diaryl/α,β-unsaturated/α-hetero) is 1. The Morgan fingerprint density at radius 1 is 1.20 bits per heavy atom. The number of urea groups is 1. The molecule has 2 aliphatic rings. The van der Waals surface area contributed by atoms with Crippen molar-refractivity contribution < 1.29 is 9.59 Å². The van der Waals surface area contributed by atoms with Gasteiger partial charge in [-0.25, -0.2) is 4.79 Å². The molecule has 1 heterocycles. The van der Waals surface area contributed by atoms with Crippen molar-refractivity contribution in [3.63, 3.8) is 0 Å². The van der Waals surface area contributed by atoms with Crippen molar-refractivity contribution in [3.8, 4) is 0 Å². The first-order valence-electron chi connectivity index (χ1n) is 6.64. The van der Waals surface area contributed by atoms with Gasteiger partial charge in [0.05, 0.1) is 6.04 Å². The Labute approximate surface area is 126 Å². The van der Waals surface area contributed by atoms with Crippen molar-refractivity contribution in [1.29, 1.82) is 0 Å². The third-order valence-corrected chi connectivity index (χ3v) is 4.43. The quantitative estimate of drug-likeness (QED) is 0.857. The highest BCUT2D eigenvalue weighted by Gasteiger charge is 2.37. The number of hydrogen-bond donors (Lipinski definition) is 1. The topological polar surface area (TPSA) is 49.4 Å². The second-order valence-corrected chi connectivity index (χ2v) is 6.05. The second-order valence-electron chi connectivity index (χ2n) is 5.13. The molecule has 20 heavy (non-hydrogen) atoms. The van der Waals surface area contributed by atoms with Gasteiger partial charge in [-0.05, 0) is 30.5 Å². The smallest absolute Gasteiger partial charge is 0.322 e. The van der Waals surface area contributed by atoms with Crippen molar-refractivity contribution in [1.82, 2.24) is 10.2 Å². The summed E-state index contributed by atoms with van der Waals surface area (Å²) in [5.41, 5.74) is 2.57. The molecule has 4 nitrogen and oxygen atoms in total. The van der Waals surface area contributed by atoms with Gasteiger partial charge in [0.15, 0.2) is 5.78 Å². The van der Waals surface area contributed by atoms with E-state index in [1.807, 2.05) is 24.3 Å². The molecule has 1 aromatic rings. The molecule has 1 atom stereocenters. The van der Waals surface area contributed by atoms with E-state index < -0.39 is 0 Å². The molecule has 0 saturated heterocycles. The van der Waals surface area contributed by atoms with Gasteiger partial charge < -0.3 is 10.2 Å². The number of halogens is 1. The number of carbonyl (C=O) groups is 2. The lowest BCUT2D eigenvalue weighted by Gasteiger charge is -2.37. The molecule has 0 spiro atoms. The van der Waals surface area contributed by atoms with Crippen molar-refractivity contribution in [2.24, 2.45) is 0 Å². The molecule has 3 rings (SSSR count). The molecule has 2 amide bonds. The average molecular weight is 335 g/mol. The zero-order valence-corrected chi connectivity index (χ0v) is 12.7. The van der Waals surface area contributed by atoms with Crippen LogP contribution in [0.1, 0.15) is 30.9 Å². The molecule has 5 heteroatoms. The molecule has 0 fully saturated rings. The van der Waals surface area contributed by atoms with Crippen molar-refractivity contribution in [2.75, 3.05) is 7.05 Å². The van der Waals surface area contributed by atoms with Gasteiger partial charge in [-0.15, -0.1) is 0 Å². The molecule has 1 N–H and O–H groups in total. The number of ketones is 1. The predicted molar refractivity (Wildman–Crippen MR) is 79.1 cm³/mol. The Hall–Kier alpha value is -1.62. The maximum absolute atomic E-state index is 12.3. The number of nitrogens with one attached hydrogen (secondary N) is 1. The largest absolute Gasteiger partial charge is 0.327 e. The summed E-state index contributed by atoms with van der Waals surface area (Å²) < 4.78 is 0.977. The first-order valence-corrected chi connectivity index (χ1v) is 7.43. The van der Waals surface area contributed by atoms with Gasteiger partial charge in [-0.1, -0.05) is 28.1 Å². The Morgan fingerprint density at radius 2 is 1.90 bits per heavy atom. The molecule has 1 aromatic carbocycles. The van der Waals surface area contributed by atoms with Gasteiger partial charge >= 0.3 is 6.03 Å². The number of allylic oxidation sites excluding steroid dienone is 1. The van der Waals surface area contributed by atoms with Gasteiger partial charge in [0.1, 0.15) is 0 Å². The zero-order valence-electron chi connectivity index (χ0n) is 11.1.